The van der Waals surface area contributed by atoms with Gasteiger partial charge >= 0.3 is 6.18 Å². The molecule has 0 saturated heterocycles. The Bertz CT molecular complexity index is 954. The first-order chi connectivity index (χ1) is 12.3. The minimum absolute atomic E-state index is 0.00104. The normalized spacial score (nSPS) is 11.4. The Morgan fingerprint density at radius 2 is 2.00 bits per heavy atom. The van der Waals surface area contributed by atoms with Crippen LogP contribution in [0, 0.1) is 6.92 Å². The molecule has 0 fully saturated rings. The lowest BCUT2D eigenvalue weighted by atomic mass is 10.1. The van der Waals surface area contributed by atoms with Crippen LogP contribution in [0.1, 0.15) is 21.6 Å². The number of carbonyl (C=O) groups is 1. The van der Waals surface area contributed by atoms with E-state index < -0.39 is 17.6 Å². The molecule has 134 valence electrons. The van der Waals surface area contributed by atoms with Crippen LogP contribution in [0.3, 0.4) is 0 Å². The second-order valence-corrected chi connectivity index (χ2v) is 5.80. The predicted molar refractivity (Wildman–Crippen MR) is 90.5 cm³/mol. The first kappa shape index (κ1) is 17.9. The fourth-order valence-electron chi connectivity index (χ4n) is 2.33. The Morgan fingerprint density at radius 3 is 2.65 bits per heavy atom. The summed E-state index contributed by atoms with van der Waals surface area (Å²) in [5, 5.41) is 6.51. The highest BCUT2D eigenvalue weighted by Gasteiger charge is 2.31. The molecule has 0 bridgehead atoms. The van der Waals surface area contributed by atoms with E-state index in [2.05, 4.69) is 15.4 Å². The van der Waals surface area contributed by atoms with Crippen LogP contribution in [-0.2, 0) is 6.18 Å². The lowest BCUT2D eigenvalue weighted by Gasteiger charge is -2.11. The monoisotopic (exact) mass is 380 g/mol. The number of halogens is 4. The first-order valence-corrected chi connectivity index (χ1v) is 7.79. The summed E-state index contributed by atoms with van der Waals surface area (Å²) in [5.41, 5.74) is -0.344. The van der Waals surface area contributed by atoms with Crippen molar-refractivity contribution < 1.29 is 18.0 Å². The van der Waals surface area contributed by atoms with Crippen molar-refractivity contribution >= 4 is 23.2 Å². The van der Waals surface area contributed by atoms with E-state index in [9.17, 15) is 18.0 Å². The fraction of sp³-hybridized carbons (Fsp3) is 0.118. The number of carbonyl (C=O) groups excluding carboxylic acids is 1. The van der Waals surface area contributed by atoms with Crippen molar-refractivity contribution in [2.45, 2.75) is 13.1 Å². The van der Waals surface area contributed by atoms with Crippen LogP contribution in [0.4, 0.5) is 18.9 Å². The summed E-state index contributed by atoms with van der Waals surface area (Å²) >= 11 is 5.91. The average Bonchev–Trinajstić information content (AvgIpc) is 2.98. The topological polar surface area (TPSA) is 59.8 Å². The van der Waals surface area contributed by atoms with Gasteiger partial charge in [-0.1, -0.05) is 17.7 Å². The van der Waals surface area contributed by atoms with Crippen molar-refractivity contribution in [3.63, 3.8) is 0 Å². The predicted octanol–water partition coefficient (Wildman–Crippen LogP) is 4.50. The number of alkyl halides is 3. The number of hydrogen-bond donors (Lipinski definition) is 1. The number of aromatic nitrogens is 3. The van der Waals surface area contributed by atoms with Gasteiger partial charge in [0.2, 0.25) is 0 Å². The molecule has 9 heteroatoms. The van der Waals surface area contributed by atoms with Crippen LogP contribution >= 0.6 is 11.6 Å². The third kappa shape index (κ3) is 3.55. The Balaban J connectivity index is 1.89. The minimum Gasteiger partial charge on any atom is -0.321 e. The molecular weight excluding hydrogens is 369 g/mol. The van der Waals surface area contributed by atoms with Crippen molar-refractivity contribution in [1.29, 1.82) is 0 Å². The molecule has 0 aliphatic carbocycles. The smallest absolute Gasteiger partial charge is 0.321 e. The number of anilines is 1. The van der Waals surface area contributed by atoms with Gasteiger partial charge in [-0.25, -0.2) is 9.67 Å². The highest BCUT2D eigenvalue weighted by atomic mass is 35.5. The van der Waals surface area contributed by atoms with Gasteiger partial charge in [-0.3, -0.25) is 4.79 Å². The second kappa shape index (κ2) is 6.80. The summed E-state index contributed by atoms with van der Waals surface area (Å²) in [5.74, 6) is -0.105. The zero-order chi connectivity index (χ0) is 18.9. The summed E-state index contributed by atoms with van der Waals surface area (Å²) in [4.78, 5) is 16.6. The van der Waals surface area contributed by atoms with Gasteiger partial charge in [0.25, 0.3) is 5.91 Å². The van der Waals surface area contributed by atoms with Crippen LogP contribution in [0.2, 0.25) is 5.02 Å². The van der Waals surface area contributed by atoms with Crippen molar-refractivity contribution in [2.75, 3.05) is 5.32 Å². The summed E-state index contributed by atoms with van der Waals surface area (Å²) in [6.45, 7) is 1.66. The number of hydrogen-bond acceptors (Lipinski definition) is 3. The fourth-order valence-corrected chi connectivity index (χ4v) is 2.49. The highest BCUT2D eigenvalue weighted by Crippen LogP contribution is 2.34. The lowest BCUT2D eigenvalue weighted by molar-refractivity contribution is -0.137. The van der Waals surface area contributed by atoms with Crippen molar-refractivity contribution in [3.8, 4) is 5.82 Å². The van der Waals surface area contributed by atoms with Crippen molar-refractivity contribution in [2.24, 2.45) is 0 Å². The van der Waals surface area contributed by atoms with E-state index in [4.69, 9.17) is 11.6 Å². The molecule has 3 aromatic rings. The molecule has 0 aliphatic heterocycles. The average molecular weight is 381 g/mol. The van der Waals surface area contributed by atoms with Gasteiger partial charge in [-0.05, 0) is 37.3 Å². The molecular formula is C17H12ClF3N4O. The third-order valence-electron chi connectivity index (χ3n) is 3.66. The molecule has 0 saturated carbocycles. The van der Waals surface area contributed by atoms with Gasteiger partial charge in [-0.2, -0.15) is 18.3 Å². The maximum absolute atomic E-state index is 12.8. The van der Waals surface area contributed by atoms with Gasteiger partial charge in [0.05, 0.1) is 33.7 Å². The lowest BCUT2D eigenvalue weighted by Crippen LogP contribution is -2.14. The molecule has 2 aromatic heterocycles. The van der Waals surface area contributed by atoms with E-state index in [1.165, 1.54) is 10.9 Å². The van der Waals surface area contributed by atoms with Crippen molar-refractivity contribution in [3.05, 3.63) is 70.6 Å². The third-order valence-corrected chi connectivity index (χ3v) is 3.99. The zero-order valence-corrected chi connectivity index (χ0v) is 14.1. The van der Waals surface area contributed by atoms with Crippen LogP contribution in [0.5, 0.6) is 0 Å². The molecule has 0 atom stereocenters. The largest absolute Gasteiger partial charge is 0.416 e. The Morgan fingerprint density at radius 1 is 1.23 bits per heavy atom. The van der Waals surface area contributed by atoms with Crippen LogP contribution in [-0.4, -0.2) is 20.7 Å². The molecule has 5 nitrogen and oxygen atoms in total. The highest BCUT2D eigenvalue weighted by molar-refractivity contribution is 6.34. The summed E-state index contributed by atoms with van der Waals surface area (Å²) < 4.78 is 40.0. The molecule has 2 heterocycles. The number of rotatable bonds is 3. The number of pyridine rings is 1. The standard InChI is InChI=1S/C17H12ClF3N4O/c1-10-12(9-23-25(10)15-4-2-3-7-22-15)16(26)24-14-8-11(17(19,20)21)5-6-13(14)18/h2-9H,1H3,(H,24,26). The summed E-state index contributed by atoms with van der Waals surface area (Å²) in [7, 11) is 0. The van der Waals surface area contributed by atoms with Crippen LogP contribution in [0.25, 0.3) is 5.82 Å². The number of nitrogens with zero attached hydrogens (tertiary/aromatic N) is 3. The molecule has 1 N–H and O–H groups in total. The molecule has 0 aliphatic rings. The molecule has 0 spiro atoms. The molecule has 1 aromatic carbocycles. The Kier molecular flexibility index (Phi) is 4.69. The van der Waals surface area contributed by atoms with E-state index >= 15 is 0 Å². The molecule has 1 amide bonds. The van der Waals surface area contributed by atoms with E-state index in [-0.39, 0.29) is 16.3 Å². The SMILES string of the molecule is Cc1c(C(=O)Nc2cc(C(F)(F)F)ccc2Cl)cnn1-c1ccccn1. The molecule has 26 heavy (non-hydrogen) atoms. The molecule has 3 rings (SSSR count). The zero-order valence-electron chi connectivity index (χ0n) is 13.4. The Labute approximate surface area is 151 Å². The minimum atomic E-state index is -4.54. The van der Waals surface area contributed by atoms with E-state index in [1.807, 2.05) is 0 Å². The number of nitrogens with one attached hydrogen (secondary N) is 1. The Hall–Kier alpha value is -2.87. The molecule has 0 unspecified atom stereocenters. The van der Waals surface area contributed by atoms with E-state index in [0.717, 1.165) is 18.2 Å². The van der Waals surface area contributed by atoms with Crippen molar-refractivity contribution in [1.82, 2.24) is 14.8 Å². The van der Waals surface area contributed by atoms with Crippen LogP contribution < -0.4 is 5.32 Å². The quantitative estimate of drug-likeness (QED) is 0.727. The summed E-state index contributed by atoms with van der Waals surface area (Å²) in [6, 6.07) is 7.95. The van der Waals surface area contributed by atoms with Gasteiger partial charge in [0, 0.05) is 6.20 Å². The van der Waals surface area contributed by atoms with Gasteiger partial charge in [0.15, 0.2) is 5.82 Å². The van der Waals surface area contributed by atoms with Gasteiger partial charge in [-0.15, -0.1) is 0 Å². The second-order valence-electron chi connectivity index (χ2n) is 5.39. The summed E-state index contributed by atoms with van der Waals surface area (Å²) in [6.07, 6.45) is -1.64. The van der Waals surface area contributed by atoms with Gasteiger partial charge < -0.3 is 5.32 Å². The number of benzene rings is 1. The van der Waals surface area contributed by atoms with E-state index in [1.54, 1.807) is 31.3 Å². The number of amides is 1. The maximum Gasteiger partial charge on any atom is 0.416 e. The van der Waals surface area contributed by atoms with E-state index in [0.29, 0.717) is 11.5 Å². The van der Waals surface area contributed by atoms with Gasteiger partial charge in [0.1, 0.15) is 0 Å². The van der Waals surface area contributed by atoms with Crippen LogP contribution in [0.15, 0.2) is 48.8 Å². The maximum atomic E-state index is 12.8. The first-order valence-electron chi connectivity index (χ1n) is 7.41. The molecule has 0 radical (unpaired) electrons.